The van der Waals surface area contributed by atoms with Crippen LogP contribution in [0.1, 0.15) is 41.3 Å². The number of pyridine rings is 1. The molecule has 0 aliphatic heterocycles. The molecule has 0 N–H and O–H groups in total. The minimum absolute atomic E-state index is 0.346. The molecule has 19 heavy (non-hydrogen) atoms. The van der Waals surface area contributed by atoms with E-state index < -0.39 is 0 Å². The van der Waals surface area contributed by atoms with Crippen molar-refractivity contribution in [1.82, 2.24) is 4.98 Å². The van der Waals surface area contributed by atoms with Gasteiger partial charge in [-0.3, -0.25) is 4.79 Å². The Bertz CT molecular complexity index is 591. The van der Waals surface area contributed by atoms with Crippen molar-refractivity contribution in [3.05, 3.63) is 53.2 Å². The van der Waals surface area contributed by atoms with Crippen LogP contribution in [0, 0.1) is 6.92 Å². The predicted molar refractivity (Wildman–Crippen MR) is 75.0 cm³/mol. The molecule has 0 atom stereocenters. The van der Waals surface area contributed by atoms with Gasteiger partial charge in [0, 0.05) is 6.20 Å². The molecule has 0 aliphatic rings. The van der Waals surface area contributed by atoms with Crippen LogP contribution in [0.2, 0.25) is 0 Å². The number of carbonyl (C=O) groups excluding carboxylic acids is 1. The van der Waals surface area contributed by atoms with Crippen LogP contribution in [0.4, 0.5) is 0 Å². The highest BCUT2D eigenvalue weighted by molar-refractivity contribution is 5.78. The molecule has 0 amide bonds. The molecule has 3 nitrogen and oxygen atoms in total. The van der Waals surface area contributed by atoms with Gasteiger partial charge in [0.1, 0.15) is 5.75 Å². The first-order valence-electron chi connectivity index (χ1n) is 6.30. The molecular weight excluding hydrogens is 238 g/mol. The molecule has 0 radical (unpaired) electrons. The predicted octanol–water partition coefficient (Wildman–Crippen LogP) is 4.12. The van der Waals surface area contributed by atoms with E-state index in [1.807, 2.05) is 13.0 Å². The monoisotopic (exact) mass is 255 g/mol. The van der Waals surface area contributed by atoms with Gasteiger partial charge in [-0.25, -0.2) is 4.98 Å². The highest BCUT2D eigenvalue weighted by Gasteiger charge is 2.11. The molecule has 1 heterocycles. The number of rotatable bonds is 4. The van der Waals surface area contributed by atoms with E-state index in [0.717, 1.165) is 23.2 Å². The summed E-state index contributed by atoms with van der Waals surface area (Å²) in [6, 6.07) is 9.50. The molecule has 1 aromatic heterocycles. The lowest BCUT2D eigenvalue weighted by molar-refractivity contribution is 0.112. The number of aryl methyl sites for hydroxylation is 1. The Morgan fingerprint density at radius 2 is 2.05 bits per heavy atom. The number of carbonyl (C=O) groups is 1. The summed E-state index contributed by atoms with van der Waals surface area (Å²) in [7, 11) is 0. The van der Waals surface area contributed by atoms with E-state index >= 15 is 0 Å². The minimum Gasteiger partial charge on any atom is -0.438 e. The van der Waals surface area contributed by atoms with Crippen LogP contribution in [0.3, 0.4) is 0 Å². The maximum atomic E-state index is 11.0. The third-order valence-electron chi connectivity index (χ3n) is 2.93. The fraction of sp³-hybridized carbons (Fsp3) is 0.250. The van der Waals surface area contributed by atoms with Crippen molar-refractivity contribution in [3.8, 4) is 11.6 Å². The average molecular weight is 255 g/mol. The van der Waals surface area contributed by atoms with E-state index in [9.17, 15) is 4.79 Å². The second-order valence-corrected chi connectivity index (χ2v) is 4.81. The van der Waals surface area contributed by atoms with Crippen molar-refractivity contribution in [2.75, 3.05) is 0 Å². The zero-order valence-corrected chi connectivity index (χ0v) is 11.4. The highest BCUT2D eigenvalue weighted by atomic mass is 16.5. The second kappa shape index (κ2) is 5.65. The van der Waals surface area contributed by atoms with Gasteiger partial charge in [0.15, 0.2) is 6.29 Å². The molecule has 0 saturated carbocycles. The highest BCUT2D eigenvalue weighted by Crippen LogP contribution is 2.31. The van der Waals surface area contributed by atoms with Crippen molar-refractivity contribution in [2.24, 2.45) is 0 Å². The lowest BCUT2D eigenvalue weighted by Gasteiger charge is -2.14. The minimum atomic E-state index is 0.346. The quantitative estimate of drug-likeness (QED) is 0.771. The van der Waals surface area contributed by atoms with Crippen LogP contribution in [-0.4, -0.2) is 11.3 Å². The van der Waals surface area contributed by atoms with Crippen molar-refractivity contribution >= 4 is 6.29 Å². The Morgan fingerprint density at radius 1 is 1.26 bits per heavy atom. The van der Waals surface area contributed by atoms with E-state index in [1.165, 1.54) is 0 Å². The van der Waals surface area contributed by atoms with Crippen molar-refractivity contribution in [3.63, 3.8) is 0 Å². The fourth-order valence-electron chi connectivity index (χ4n) is 1.89. The normalized spacial score (nSPS) is 10.5. The maximum absolute atomic E-state index is 11.0. The summed E-state index contributed by atoms with van der Waals surface area (Å²) in [6.45, 7) is 6.23. The molecule has 3 heteroatoms. The molecular formula is C16H17NO2. The summed E-state index contributed by atoms with van der Waals surface area (Å²) in [6.07, 6.45) is 2.38. The van der Waals surface area contributed by atoms with Gasteiger partial charge in [0.05, 0.1) is 5.56 Å². The van der Waals surface area contributed by atoms with E-state index in [-0.39, 0.29) is 0 Å². The summed E-state index contributed by atoms with van der Waals surface area (Å²) >= 11 is 0. The summed E-state index contributed by atoms with van der Waals surface area (Å²) in [4.78, 5) is 15.1. The lowest BCUT2D eigenvalue weighted by Crippen LogP contribution is -1.98. The molecule has 2 aromatic rings. The number of nitrogens with zero attached hydrogens (tertiary/aromatic N) is 1. The number of ether oxygens (including phenoxy) is 1. The summed E-state index contributed by atoms with van der Waals surface area (Å²) in [5, 5.41) is 0. The number of benzene rings is 1. The van der Waals surface area contributed by atoms with Gasteiger partial charge in [0.2, 0.25) is 5.88 Å². The van der Waals surface area contributed by atoms with Gasteiger partial charge in [-0.1, -0.05) is 26.0 Å². The van der Waals surface area contributed by atoms with E-state index in [4.69, 9.17) is 4.74 Å². The molecule has 0 fully saturated rings. The van der Waals surface area contributed by atoms with Gasteiger partial charge in [-0.05, 0) is 42.2 Å². The molecule has 98 valence electrons. The topological polar surface area (TPSA) is 39.2 Å². The summed E-state index contributed by atoms with van der Waals surface area (Å²) in [5.41, 5.74) is 2.68. The van der Waals surface area contributed by atoms with Gasteiger partial charge in [0.25, 0.3) is 0 Å². The molecule has 0 spiro atoms. The Morgan fingerprint density at radius 3 is 2.74 bits per heavy atom. The van der Waals surface area contributed by atoms with E-state index in [1.54, 1.807) is 18.3 Å². The summed E-state index contributed by atoms with van der Waals surface area (Å²) < 4.78 is 5.83. The maximum Gasteiger partial charge on any atom is 0.229 e. The SMILES string of the molecule is Cc1ccc(C(C)C)c(Oc2ncccc2C=O)c1. The van der Waals surface area contributed by atoms with Gasteiger partial charge in [-0.15, -0.1) is 0 Å². The average Bonchev–Trinajstić information content (AvgIpc) is 2.39. The Balaban J connectivity index is 2.42. The van der Waals surface area contributed by atoms with Gasteiger partial charge >= 0.3 is 0 Å². The Hall–Kier alpha value is -2.16. The summed E-state index contributed by atoms with van der Waals surface area (Å²) in [5.74, 6) is 1.46. The lowest BCUT2D eigenvalue weighted by atomic mass is 10.0. The fourth-order valence-corrected chi connectivity index (χ4v) is 1.89. The largest absolute Gasteiger partial charge is 0.438 e. The van der Waals surface area contributed by atoms with Crippen molar-refractivity contribution < 1.29 is 9.53 Å². The van der Waals surface area contributed by atoms with Crippen molar-refractivity contribution in [1.29, 1.82) is 0 Å². The van der Waals surface area contributed by atoms with Crippen LogP contribution in [0.5, 0.6) is 11.6 Å². The van der Waals surface area contributed by atoms with Crippen LogP contribution >= 0.6 is 0 Å². The number of aldehydes is 1. The second-order valence-electron chi connectivity index (χ2n) is 4.81. The molecule has 0 bridgehead atoms. The first-order valence-corrected chi connectivity index (χ1v) is 6.30. The van der Waals surface area contributed by atoms with Crippen molar-refractivity contribution in [2.45, 2.75) is 26.7 Å². The number of hydrogen-bond donors (Lipinski definition) is 0. The van der Waals surface area contributed by atoms with E-state index in [2.05, 4.69) is 31.0 Å². The van der Waals surface area contributed by atoms with Gasteiger partial charge in [-0.2, -0.15) is 0 Å². The van der Waals surface area contributed by atoms with Crippen LogP contribution in [0.25, 0.3) is 0 Å². The number of aromatic nitrogens is 1. The third kappa shape index (κ3) is 2.99. The molecule has 0 unspecified atom stereocenters. The Labute approximate surface area is 113 Å². The molecule has 0 saturated heterocycles. The van der Waals surface area contributed by atoms with Gasteiger partial charge < -0.3 is 4.74 Å². The number of hydrogen-bond acceptors (Lipinski definition) is 3. The molecule has 1 aromatic carbocycles. The van der Waals surface area contributed by atoms with E-state index in [0.29, 0.717) is 17.4 Å². The first kappa shape index (κ1) is 13.3. The Kier molecular flexibility index (Phi) is 3.95. The molecule has 2 rings (SSSR count). The zero-order chi connectivity index (χ0) is 13.8. The first-order chi connectivity index (χ1) is 9.11. The smallest absolute Gasteiger partial charge is 0.229 e. The van der Waals surface area contributed by atoms with Crippen LogP contribution < -0.4 is 4.74 Å². The van der Waals surface area contributed by atoms with Crippen LogP contribution in [0.15, 0.2) is 36.5 Å². The molecule has 0 aliphatic carbocycles. The standard InChI is InChI=1S/C16H17NO2/c1-11(2)14-7-6-12(3)9-15(14)19-16-13(10-18)5-4-8-17-16/h4-11H,1-3H3. The van der Waals surface area contributed by atoms with Crippen LogP contribution in [-0.2, 0) is 0 Å². The third-order valence-corrected chi connectivity index (χ3v) is 2.93. The zero-order valence-electron chi connectivity index (χ0n) is 11.4.